The lowest BCUT2D eigenvalue weighted by Gasteiger charge is -2.20. The zero-order valence-corrected chi connectivity index (χ0v) is 15.7. The number of amides is 1. The molecule has 24 heavy (non-hydrogen) atoms. The minimum absolute atomic E-state index is 0.0768. The quantitative estimate of drug-likeness (QED) is 0.544. The Kier molecular flexibility index (Phi) is 7.48. The maximum absolute atomic E-state index is 12.5. The summed E-state index contributed by atoms with van der Waals surface area (Å²) in [5, 5.41) is 11.9. The molecule has 1 unspecified atom stereocenters. The molecule has 0 bridgehead atoms. The number of methoxy groups -OCH3 is 1. The lowest BCUT2D eigenvalue weighted by Crippen LogP contribution is -2.32. The van der Waals surface area contributed by atoms with Gasteiger partial charge in [0.05, 0.1) is 11.9 Å². The summed E-state index contributed by atoms with van der Waals surface area (Å²) in [6.07, 6.45) is 0. The third-order valence-corrected chi connectivity index (χ3v) is 5.31. The van der Waals surface area contributed by atoms with Gasteiger partial charge in [0.15, 0.2) is 4.34 Å². The van der Waals surface area contributed by atoms with Crippen LogP contribution in [0.4, 0.5) is 5.13 Å². The van der Waals surface area contributed by atoms with Crippen LogP contribution in [-0.4, -0.2) is 53.6 Å². The Morgan fingerprint density at radius 3 is 2.83 bits per heavy atom. The number of carbonyl (C=O) groups is 1. The number of carbonyl (C=O) groups excluding carboxylic acids is 1. The summed E-state index contributed by atoms with van der Waals surface area (Å²) >= 11 is 2.88. The van der Waals surface area contributed by atoms with Crippen molar-refractivity contribution in [1.29, 1.82) is 0 Å². The van der Waals surface area contributed by atoms with Crippen LogP contribution in [0.25, 0.3) is 0 Å². The highest BCUT2D eigenvalue weighted by Crippen LogP contribution is 2.29. The molecule has 1 aromatic carbocycles. The van der Waals surface area contributed by atoms with E-state index in [0.29, 0.717) is 19.7 Å². The summed E-state index contributed by atoms with van der Waals surface area (Å²) in [4.78, 5) is 14.2. The van der Waals surface area contributed by atoms with Crippen LogP contribution in [0, 0.1) is 0 Å². The molecule has 1 N–H and O–H groups in total. The Hall–Kier alpha value is -1.64. The molecule has 1 atom stereocenters. The second-order valence-corrected chi connectivity index (χ2v) is 7.80. The van der Waals surface area contributed by atoms with Crippen LogP contribution < -0.4 is 5.32 Å². The van der Waals surface area contributed by atoms with Crippen LogP contribution in [0.3, 0.4) is 0 Å². The molecule has 0 saturated heterocycles. The first-order valence-corrected chi connectivity index (χ1v) is 9.31. The number of ether oxygens (including phenoxy) is 1. The molecule has 130 valence electrons. The van der Waals surface area contributed by atoms with Crippen molar-refractivity contribution >= 4 is 34.1 Å². The van der Waals surface area contributed by atoms with E-state index in [1.54, 1.807) is 12.0 Å². The smallest absolute Gasteiger partial charge is 0.235 e. The van der Waals surface area contributed by atoms with E-state index in [-0.39, 0.29) is 11.2 Å². The molecule has 0 aliphatic carbocycles. The lowest BCUT2D eigenvalue weighted by atomic mass is 10.2. The van der Waals surface area contributed by atoms with Gasteiger partial charge in [0.1, 0.15) is 0 Å². The van der Waals surface area contributed by atoms with Crippen molar-refractivity contribution in [3.05, 3.63) is 35.9 Å². The minimum Gasteiger partial charge on any atom is -0.383 e. The summed E-state index contributed by atoms with van der Waals surface area (Å²) in [6, 6.07) is 9.96. The van der Waals surface area contributed by atoms with E-state index >= 15 is 0 Å². The number of aromatic nitrogens is 2. The molecule has 0 aliphatic heterocycles. The van der Waals surface area contributed by atoms with Crippen LogP contribution in [0.5, 0.6) is 0 Å². The van der Waals surface area contributed by atoms with E-state index in [1.807, 2.05) is 44.3 Å². The van der Waals surface area contributed by atoms with E-state index in [1.165, 1.54) is 23.1 Å². The van der Waals surface area contributed by atoms with Gasteiger partial charge in [0.25, 0.3) is 0 Å². The molecule has 1 aromatic heterocycles. The Bertz CT molecular complexity index is 636. The van der Waals surface area contributed by atoms with Crippen LogP contribution >= 0.6 is 23.1 Å². The number of thioether (sulfide) groups is 1. The van der Waals surface area contributed by atoms with Crippen molar-refractivity contribution in [2.75, 3.05) is 32.6 Å². The molecule has 0 spiro atoms. The maximum Gasteiger partial charge on any atom is 0.235 e. The van der Waals surface area contributed by atoms with Crippen LogP contribution in [-0.2, 0) is 16.1 Å². The number of hydrogen-bond donors (Lipinski definition) is 1. The van der Waals surface area contributed by atoms with E-state index in [0.717, 1.165) is 15.0 Å². The van der Waals surface area contributed by atoms with Crippen molar-refractivity contribution in [1.82, 2.24) is 15.1 Å². The Morgan fingerprint density at radius 1 is 1.38 bits per heavy atom. The Balaban J connectivity index is 1.84. The zero-order valence-electron chi connectivity index (χ0n) is 14.1. The monoisotopic (exact) mass is 366 g/mol. The van der Waals surface area contributed by atoms with Crippen LogP contribution in [0.15, 0.2) is 34.7 Å². The molecule has 0 saturated carbocycles. The summed E-state index contributed by atoms with van der Waals surface area (Å²) in [5.41, 5.74) is 1.12. The fourth-order valence-electron chi connectivity index (χ4n) is 2.04. The molecule has 1 heterocycles. The van der Waals surface area contributed by atoms with Gasteiger partial charge in [-0.3, -0.25) is 4.79 Å². The molecule has 0 aliphatic rings. The van der Waals surface area contributed by atoms with Crippen molar-refractivity contribution in [2.24, 2.45) is 0 Å². The third kappa shape index (κ3) is 5.77. The highest BCUT2D eigenvalue weighted by Gasteiger charge is 2.20. The van der Waals surface area contributed by atoms with Gasteiger partial charge in [-0.25, -0.2) is 0 Å². The van der Waals surface area contributed by atoms with E-state index in [2.05, 4.69) is 15.5 Å². The molecule has 0 radical (unpaired) electrons. The number of benzene rings is 1. The summed E-state index contributed by atoms with van der Waals surface area (Å²) in [5.74, 6) is 0.0768. The van der Waals surface area contributed by atoms with E-state index in [4.69, 9.17) is 4.74 Å². The van der Waals surface area contributed by atoms with Crippen molar-refractivity contribution in [3.63, 3.8) is 0 Å². The van der Waals surface area contributed by atoms with Gasteiger partial charge in [-0.15, -0.1) is 10.2 Å². The molecule has 2 aromatic rings. The van der Waals surface area contributed by atoms with Gasteiger partial charge >= 0.3 is 0 Å². The average Bonchev–Trinajstić information content (AvgIpc) is 3.02. The number of hydrogen-bond acceptors (Lipinski definition) is 7. The summed E-state index contributed by atoms with van der Waals surface area (Å²) < 4.78 is 5.76. The largest absolute Gasteiger partial charge is 0.383 e. The Labute approximate surface area is 150 Å². The molecule has 0 fully saturated rings. The van der Waals surface area contributed by atoms with E-state index in [9.17, 15) is 4.79 Å². The first kappa shape index (κ1) is 18.7. The Morgan fingerprint density at radius 2 is 2.12 bits per heavy atom. The molecule has 6 nitrogen and oxygen atoms in total. The molecule has 2 rings (SSSR count). The van der Waals surface area contributed by atoms with Crippen molar-refractivity contribution in [3.8, 4) is 0 Å². The first-order valence-electron chi connectivity index (χ1n) is 7.62. The standard InChI is InChI=1S/C16H22N4O2S2/c1-12(14(21)20(2)11-13-7-5-4-6-8-13)23-16-19-18-15(24-16)17-9-10-22-3/h4-8,12H,9-11H2,1-3H3,(H,17,18). The van der Waals surface area contributed by atoms with Crippen LogP contribution in [0.2, 0.25) is 0 Å². The van der Waals surface area contributed by atoms with Gasteiger partial charge < -0.3 is 15.0 Å². The van der Waals surface area contributed by atoms with Crippen molar-refractivity contribution in [2.45, 2.75) is 23.1 Å². The molecule has 1 amide bonds. The predicted molar refractivity (Wildman–Crippen MR) is 98.5 cm³/mol. The number of nitrogens with one attached hydrogen (secondary N) is 1. The molecular formula is C16H22N4O2S2. The van der Waals surface area contributed by atoms with Gasteiger partial charge in [-0.05, 0) is 12.5 Å². The van der Waals surface area contributed by atoms with Gasteiger partial charge in [-0.1, -0.05) is 53.4 Å². The summed E-state index contributed by atoms with van der Waals surface area (Å²) in [7, 11) is 3.48. The maximum atomic E-state index is 12.5. The first-order chi connectivity index (χ1) is 11.6. The minimum atomic E-state index is -0.210. The molecular weight excluding hydrogens is 344 g/mol. The number of rotatable bonds is 9. The van der Waals surface area contributed by atoms with Gasteiger partial charge in [0, 0.05) is 27.2 Å². The van der Waals surface area contributed by atoms with E-state index < -0.39 is 0 Å². The van der Waals surface area contributed by atoms with Crippen molar-refractivity contribution < 1.29 is 9.53 Å². The zero-order chi connectivity index (χ0) is 17.4. The topological polar surface area (TPSA) is 67.3 Å². The highest BCUT2D eigenvalue weighted by molar-refractivity contribution is 8.02. The SMILES string of the molecule is COCCNc1nnc(SC(C)C(=O)N(C)Cc2ccccc2)s1. The number of anilines is 1. The number of nitrogens with zero attached hydrogens (tertiary/aromatic N) is 3. The fraction of sp³-hybridized carbons (Fsp3) is 0.438. The highest BCUT2D eigenvalue weighted by atomic mass is 32.2. The second-order valence-electron chi connectivity index (χ2n) is 5.23. The van der Waals surface area contributed by atoms with Gasteiger partial charge in [-0.2, -0.15) is 0 Å². The average molecular weight is 367 g/mol. The second kappa shape index (κ2) is 9.61. The predicted octanol–water partition coefficient (Wildman–Crippen LogP) is 2.74. The van der Waals surface area contributed by atoms with Crippen LogP contribution in [0.1, 0.15) is 12.5 Å². The fourth-order valence-corrected chi connectivity index (χ4v) is 4.07. The normalized spacial score (nSPS) is 12.0. The lowest BCUT2D eigenvalue weighted by molar-refractivity contribution is -0.129. The third-order valence-electron chi connectivity index (χ3n) is 3.25. The summed E-state index contributed by atoms with van der Waals surface area (Å²) in [6.45, 7) is 3.80. The molecule has 8 heteroatoms. The van der Waals surface area contributed by atoms with Gasteiger partial charge in [0.2, 0.25) is 11.0 Å².